The number of ether oxygens (including phenoxy) is 2. The molecule has 182 valence electrons. The summed E-state index contributed by atoms with van der Waals surface area (Å²) < 4.78 is 38.6. The Kier molecular flexibility index (Phi) is 10.1. The van der Waals surface area contributed by atoms with E-state index >= 15 is 0 Å². The number of rotatable bonds is 16. The predicted molar refractivity (Wildman–Crippen MR) is 135 cm³/mol. The third kappa shape index (κ3) is 6.75. The summed E-state index contributed by atoms with van der Waals surface area (Å²) in [7, 11) is -3.56. The lowest BCUT2D eigenvalue weighted by atomic mass is 10.0. The summed E-state index contributed by atoms with van der Waals surface area (Å²) in [5.41, 5.74) is 1.41. The molecule has 2 aromatic carbocycles. The molecular formula is C28H40O4S. The molecule has 3 rings (SSSR count). The van der Waals surface area contributed by atoms with Crippen LogP contribution in [0, 0.1) is 0 Å². The van der Waals surface area contributed by atoms with Crippen LogP contribution in [0.3, 0.4) is 0 Å². The van der Waals surface area contributed by atoms with E-state index in [0.717, 1.165) is 31.2 Å². The highest BCUT2D eigenvalue weighted by atomic mass is 32.2. The zero-order valence-electron chi connectivity index (χ0n) is 20.4. The van der Waals surface area contributed by atoms with Gasteiger partial charge in [-0.2, -0.15) is 0 Å². The molecule has 33 heavy (non-hydrogen) atoms. The molecule has 0 aliphatic carbocycles. The van der Waals surface area contributed by atoms with Gasteiger partial charge in [0.15, 0.2) is 0 Å². The summed E-state index contributed by atoms with van der Waals surface area (Å²) in [6, 6.07) is 10.8. The molecule has 0 spiro atoms. The maximum absolute atomic E-state index is 13.2. The number of hydrogen-bond donors (Lipinski definition) is 0. The lowest BCUT2D eigenvalue weighted by Crippen LogP contribution is -2.03. The van der Waals surface area contributed by atoms with Crippen molar-refractivity contribution in [1.82, 2.24) is 0 Å². The standard InChI is InChI=1S/C28H40O4S/c1-3-5-7-9-11-15-19-31-23-21-25(32-20-16-12-10-8-6-4-2)28-24-17-13-14-18-26(24)33(29,30)27(28)22-23/h13-14,17-18,21-22H,3-12,15-16,19-20H2,1-2H3. The van der Waals surface area contributed by atoms with Crippen LogP contribution < -0.4 is 9.47 Å². The summed E-state index contributed by atoms with van der Waals surface area (Å²) in [4.78, 5) is 0.666. The second-order valence-corrected chi connectivity index (χ2v) is 10.9. The van der Waals surface area contributed by atoms with Gasteiger partial charge in [0, 0.05) is 23.3 Å². The van der Waals surface area contributed by atoms with Crippen LogP contribution >= 0.6 is 0 Å². The van der Waals surface area contributed by atoms with Crippen molar-refractivity contribution in [3.05, 3.63) is 36.4 Å². The predicted octanol–water partition coefficient (Wildman–Crippen LogP) is 7.98. The summed E-state index contributed by atoms with van der Waals surface area (Å²) in [5.74, 6) is 1.20. The zero-order valence-corrected chi connectivity index (χ0v) is 21.2. The molecule has 2 aromatic rings. The highest BCUT2D eigenvalue weighted by Crippen LogP contribution is 2.49. The lowest BCUT2D eigenvalue weighted by Gasteiger charge is -2.14. The molecular weight excluding hydrogens is 432 g/mol. The van der Waals surface area contributed by atoms with E-state index in [2.05, 4.69) is 13.8 Å². The first-order valence-corrected chi connectivity index (χ1v) is 14.4. The van der Waals surface area contributed by atoms with E-state index in [4.69, 9.17) is 9.47 Å². The van der Waals surface area contributed by atoms with Crippen molar-refractivity contribution in [3.8, 4) is 22.6 Å². The van der Waals surface area contributed by atoms with E-state index in [-0.39, 0.29) is 0 Å². The molecule has 0 aromatic heterocycles. The second kappa shape index (κ2) is 13.0. The van der Waals surface area contributed by atoms with Gasteiger partial charge in [0.25, 0.3) is 0 Å². The van der Waals surface area contributed by atoms with E-state index in [9.17, 15) is 8.42 Å². The molecule has 0 N–H and O–H groups in total. The van der Waals surface area contributed by atoms with Gasteiger partial charge < -0.3 is 9.47 Å². The Labute approximate surface area is 200 Å². The van der Waals surface area contributed by atoms with Crippen molar-refractivity contribution in [2.45, 2.75) is 101 Å². The first kappa shape index (κ1) is 25.6. The minimum Gasteiger partial charge on any atom is -0.493 e. The van der Waals surface area contributed by atoms with Crippen LogP contribution in [0.25, 0.3) is 11.1 Å². The number of unbranched alkanes of at least 4 members (excludes halogenated alkanes) is 10. The average Bonchev–Trinajstić information content (AvgIpc) is 3.05. The van der Waals surface area contributed by atoms with Gasteiger partial charge in [-0.3, -0.25) is 0 Å². The zero-order chi connectivity index (χ0) is 23.5. The van der Waals surface area contributed by atoms with Crippen molar-refractivity contribution in [1.29, 1.82) is 0 Å². The van der Waals surface area contributed by atoms with Gasteiger partial charge in [0.05, 0.1) is 23.0 Å². The molecule has 0 bridgehead atoms. The van der Waals surface area contributed by atoms with Gasteiger partial charge in [-0.05, 0) is 18.9 Å². The van der Waals surface area contributed by atoms with Crippen LogP contribution in [-0.4, -0.2) is 21.6 Å². The van der Waals surface area contributed by atoms with Crippen molar-refractivity contribution in [2.75, 3.05) is 13.2 Å². The number of sulfone groups is 1. The highest BCUT2D eigenvalue weighted by Gasteiger charge is 2.36. The molecule has 0 unspecified atom stereocenters. The SMILES string of the molecule is CCCCCCCCOc1cc(OCCCCCCCC)c2c(c1)S(=O)(=O)c1ccccc1-2. The molecule has 0 saturated heterocycles. The van der Waals surface area contributed by atoms with E-state index in [1.54, 1.807) is 18.2 Å². The first-order chi connectivity index (χ1) is 16.1. The van der Waals surface area contributed by atoms with E-state index < -0.39 is 9.84 Å². The van der Waals surface area contributed by atoms with Crippen LogP contribution in [0.15, 0.2) is 46.2 Å². The molecule has 0 atom stereocenters. The van der Waals surface area contributed by atoms with Gasteiger partial charge in [-0.1, -0.05) is 96.3 Å². The summed E-state index contributed by atoms with van der Waals surface area (Å²) in [6.45, 7) is 5.61. The quantitative estimate of drug-likeness (QED) is 0.198. The Morgan fingerprint density at radius 3 is 1.91 bits per heavy atom. The topological polar surface area (TPSA) is 52.6 Å². The fourth-order valence-corrected chi connectivity index (χ4v) is 6.11. The smallest absolute Gasteiger partial charge is 0.208 e. The fourth-order valence-electron chi connectivity index (χ4n) is 4.40. The van der Waals surface area contributed by atoms with Crippen molar-refractivity contribution < 1.29 is 17.9 Å². The van der Waals surface area contributed by atoms with Crippen LogP contribution in [-0.2, 0) is 9.84 Å². The van der Waals surface area contributed by atoms with Crippen LogP contribution in [0.4, 0.5) is 0 Å². The minimum absolute atomic E-state index is 0.307. The van der Waals surface area contributed by atoms with Crippen LogP contribution in [0.1, 0.15) is 90.9 Å². The molecule has 5 heteroatoms. The Hall–Kier alpha value is -2.01. The average molecular weight is 473 g/mol. The Morgan fingerprint density at radius 2 is 1.24 bits per heavy atom. The molecule has 0 amide bonds. The van der Waals surface area contributed by atoms with Gasteiger partial charge in [0.2, 0.25) is 9.84 Å². The second-order valence-electron chi connectivity index (χ2n) is 9.03. The third-order valence-electron chi connectivity index (χ3n) is 6.30. The van der Waals surface area contributed by atoms with Crippen molar-refractivity contribution in [2.24, 2.45) is 0 Å². The van der Waals surface area contributed by atoms with Gasteiger partial charge >= 0.3 is 0 Å². The van der Waals surface area contributed by atoms with E-state index in [0.29, 0.717) is 40.1 Å². The first-order valence-electron chi connectivity index (χ1n) is 12.9. The van der Waals surface area contributed by atoms with E-state index in [1.807, 2.05) is 18.2 Å². The van der Waals surface area contributed by atoms with Crippen LogP contribution in [0.2, 0.25) is 0 Å². The molecule has 0 radical (unpaired) electrons. The monoisotopic (exact) mass is 472 g/mol. The van der Waals surface area contributed by atoms with Crippen LogP contribution in [0.5, 0.6) is 11.5 Å². The van der Waals surface area contributed by atoms with Gasteiger partial charge in [-0.15, -0.1) is 0 Å². The molecule has 0 fully saturated rings. The number of hydrogen-bond acceptors (Lipinski definition) is 4. The molecule has 1 heterocycles. The normalized spacial score (nSPS) is 13.5. The minimum atomic E-state index is -3.56. The number of benzene rings is 2. The summed E-state index contributed by atoms with van der Waals surface area (Å²) in [6.07, 6.45) is 14.2. The fraction of sp³-hybridized carbons (Fsp3) is 0.571. The summed E-state index contributed by atoms with van der Waals surface area (Å²) >= 11 is 0. The number of fused-ring (bicyclic) bond motifs is 3. The molecule has 1 aliphatic heterocycles. The van der Waals surface area contributed by atoms with Crippen molar-refractivity contribution >= 4 is 9.84 Å². The molecule has 0 saturated carbocycles. The highest BCUT2D eigenvalue weighted by molar-refractivity contribution is 7.92. The Morgan fingerprint density at radius 1 is 0.667 bits per heavy atom. The van der Waals surface area contributed by atoms with E-state index in [1.165, 1.54) is 51.4 Å². The Balaban J connectivity index is 1.70. The molecule has 1 aliphatic rings. The Bertz CT molecular complexity index is 981. The largest absolute Gasteiger partial charge is 0.493 e. The maximum atomic E-state index is 13.2. The lowest BCUT2D eigenvalue weighted by molar-refractivity contribution is 0.289. The van der Waals surface area contributed by atoms with Gasteiger partial charge in [-0.25, -0.2) is 8.42 Å². The molecule has 4 nitrogen and oxygen atoms in total. The summed E-state index contributed by atoms with van der Waals surface area (Å²) in [5, 5.41) is 0. The van der Waals surface area contributed by atoms with Crippen molar-refractivity contribution in [3.63, 3.8) is 0 Å². The maximum Gasteiger partial charge on any atom is 0.208 e. The van der Waals surface area contributed by atoms with Gasteiger partial charge in [0.1, 0.15) is 11.5 Å². The third-order valence-corrected chi connectivity index (χ3v) is 8.13.